The first-order valence-electron chi connectivity index (χ1n) is 12.1. The van der Waals surface area contributed by atoms with Gasteiger partial charge in [-0.1, -0.05) is 43.0 Å². The second-order valence-corrected chi connectivity index (χ2v) is 9.76. The Hall–Kier alpha value is -4.00. The van der Waals surface area contributed by atoms with Crippen molar-refractivity contribution >= 4 is 29.7 Å². The summed E-state index contributed by atoms with van der Waals surface area (Å²) in [6, 6.07) is 15.0. The van der Waals surface area contributed by atoms with E-state index in [1.54, 1.807) is 23.2 Å². The van der Waals surface area contributed by atoms with Crippen LogP contribution in [0.5, 0.6) is 0 Å². The van der Waals surface area contributed by atoms with Crippen LogP contribution in [0.25, 0.3) is 0 Å². The molecule has 0 spiro atoms. The number of likely N-dealkylation sites (tertiary alicyclic amines) is 1. The normalized spacial score (nSPS) is 21.3. The van der Waals surface area contributed by atoms with Crippen LogP contribution in [-0.2, 0) is 9.59 Å². The molecule has 0 aliphatic carbocycles. The number of nitrogens with one attached hydrogen (secondary N) is 1. The van der Waals surface area contributed by atoms with Crippen molar-refractivity contribution in [3.8, 4) is 0 Å². The fourth-order valence-electron chi connectivity index (χ4n) is 4.68. The summed E-state index contributed by atoms with van der Waals surface area (Å²) in [5.74, 6) is -1.76. The molecule has 0 aromatic heterocycles. The maximum absolute atomic E-state index is 13.8. The molecule has 2 heterocycles. The number of carbonyl (C=O) groups excluding carboxylic acids is 2. The number of aliphatic imine (C=N–C) groups is 1. The molecule has 2 aliphatic rings. The lowest BCUT2D eigenvalue weighted by Crippen LogP contribution is -2.54. The van der Waals surface area contributed by atoms with Crippen LogP contribution < -0.4 is 5.32 Å². The number of piperidine rings is 1. The average molecular weight is 486 g/mol. The van der Waals surface area contributed by atoms with E-state index < -0.39 is 17.6 Å². The monoisotopic (exact) mass is 485 g/mol. The summed E-state index contributed by atoms with van der Waals surface area (Å²) in [4.78, 5) is 44.9. The number of carbonyl (C=O) groups is 3. The Bertz CT molecular complexity index is 1230. The molecule has 2 amide bonds. The summed E-state index contributed by atoms with van der Waals surface area (Å²) < 4.78 is 0. The number of hydrogen-bond donors (Lipinski definition) is 2. The van der Waals surface area contributed by atoms with Crippen molar-refractivity contribution in [2.24, 2.45) is 4.99 Å². The quantitative estimate of drug-likeness (QED) is 0.593. The van der Waals surface area contributed by atoms with Gasteiger partial charge in [-0.3, -0.25) is 14.6 Å². The van der Waals surface area contributed by atoms with Gasteiger partial charge in [-0.25, -0.2) is 4.79 Å². The molecular weight excluding hydrogens is 454 g/mol. The van der Waals surface area contributed by atoms with Crippen molar-refractivity contribution in [3.05, 3.63) is 89.5 Å². The van der Waals surface area contributed by atoms with E-state index in [9.17, 15) is 14.4 Å². The second-order valence-electron chi connectivity index (χ2n) is 9.76. The zero-order valence-electron chi connectivity index (χ0n) is 20.6. The van der Waals surface area contributed by atoms with Gasteiger partial charge in [0.25, 0.3) is 5.91 Å². The van der Waals surface area contributed by atoms with Crippen LogP contribution in [0, 0.1) is 0 Å². The Morgan fingerprint density at radius 2 is 1.78 bits per heavy atom. The number of benzene rings is 2. The number of allylic oxidation sites excluding steroid dienone is 1. The Labute approximate surface area is 211 Å². The molecule has 1 saturated heterocycles. The molecule has 0 saturated carbocycles. The van der Waals surface area contributed by atoms with E-state index in [4.69, 9.17) is 5.11 Å². The van der Waals surface area contributed by atoms with Gasteiger partial charge in [-0.2, -0.15) is 0 Å². The number of anilines is 1. The van der Waals surface area contributed by atoms with Gasteiger partial charge < -0.3 is 15.3 Å². The van der Waals surface area contributed by atoms with Crippen LogP contribution in [0.15, 0.2) is 83.4 Å². The number of nitrogens with zero attached hydrogens (tertiary/aromatic N) is 2. The van der Waals surface area contributed by atoms with E-state index >= 15 is 0 Å². The molecule has 36 heavy (non-hydrogen) atoms. The van der Waals surface area contributed by atoms with Gasteiger partial charge >= 0.3 is 5.97 Å². The topological polar surface area (TPSA) is 99.1 Å². The largest absolute Gasteiger partial charge is 0.478 e. The van der Waals surface area contributed by atoms with Crippen LogP contribution in [-0.4, -0.2) is 52.1 Å². The molecule has 1 fully saturated rings. The maximum Gasteiger partial charge on any atom is 0.335 e. The molecule has 7 nitrogen and oxygen atoms in total. The van der Waals surface area contributed by atoms with Crippen LogP contribution in [0.1, 0.15) is 54.9 Å². The Morgan fingerprint density at radius 3 is 2.44 bits per heavy atom. The van der Waals surface area contributed by atoms with Crippen molar-refractivity contribution in [2.75, 3.05) is 11.9 Å². The van der Waals surface area contributed by atoms with E-state index in [1.807, 2.05) is 50.3 Å². The van der Waals surface area contributed by atoms with Gasteiger partial charge in [-0.15, -0.1) is 0 Å². The average Bonchev–Trinajstić information content (AvgIpc) is 3.01. The lowest BCUT2D eigenvalue weighted by Gasteiger charge is -2.40. The number of amides is 2. The summed E-state index contributed by atoms with van der Waals surface area (Å²) in [7, 11) is 0. The highest BCUT2D eigenvalue weighted by Gasteiger charge is 2.41. The SMILES string of the molecule is C=C1CC=C(C(=O)N2CCCC(c3ccccc3)C2C(=O)Nc2ccc(C(=O)O)cc2)C=NC1(C)C. The molecule has 186 valence electrons. The number of aromatic carboxylic acids is 1. The molecule has 2 N–H and O–H groups in total. The highest BCUT2D eigenvalue weighted by atomic mass is 16.4. The number of hydrogen-bond acceptors (Lipinski definition) is 4. The third-order valence-corrected chi connectivity index (χ3v) is 6.99. The highest BCUT2D eigenvalue weighted by Crippen LogP contribution is 2.35. The van der Waals surface area contributed by atoms with Crippen LogP contribution in [0.4, 0.5) is 5.69 Å². The van der Waals surface area contributed by atoms with Crippen LogP contribution >= 0.6 is 0 Å². The highest BCUT2D eigenvalue weighted by molar-refractivity contribution is 6.14. The number of carboxylic acid groups (broad SMARTS) is 1. The first-order valence-corrected chi connectivity index (χ1v) is 12.1. The third-order valence-electron chi connectivity index (χ3n) is 6.99. The number of carboxylic acids is 1. The van der Waals surface area contributed by atoms with Crippen molar-refractivity contribution in [3.63, 3.8) is 0 Å². The van der Waals surface area contributed by atoms with Crippen LogP contribution in [0.3, 0.4) is 0 Å². The lowest BCUT2D eigenvalue weighted by molar-refractivity contribution is -0.137. The first kappa shape index (κ1) is 25.1. The van der Waals surface area contributed by atoms with Crippen molar-refractivity contribution in [1.29, 1.82) is 0 Å². The minimum absolute atomic E-state index is 0.133. The summed E-state index contributed by atoms with van der Waals surface area (Å²) in [6.45, 7) is 8.49. The van der Waals surface area contributed by atoms with Gasteiger partial charge in [0.15, 0.2) is 0 Å². The summed E-state index contributed by atoms with van der Waals surface area (Å²) in [5, 5.41) is 12.1. The Morgan fingerprint density at radius 1 is 1.08 bits per heavy atom. The van der Waals surface area contributed by atoms with E-state index in [0.29, 0.717) is 24.2 Å². The minimum atomic E-state index is -1.04. The Balaban J connectivity index is 1.66. The fraction of sp³-hybridized carbons (Fsp3) is 0.310. The van der Waals surface area contributed by atoms with E-state index in [0.717, 1.165) is 24.0 Å². The first-order chi connectivity index (χ1) is 17.2. The maximum atomic E-state index is 13.8. The van der Waals surface area contributed by atoms with Gasteiger partial charge in [0, 0.05) is 24.4 Å². The zero-order valence-corrected chi connectivity index (χ0v) is 20.6. The molecule has 2 aromatic carbocycles. The van der Waals surface area contributed by atoms with E-state index in [-0.39, 0.29) is 23.3 Å². The minimum Gasteiger partial charge on any atom is -0.478 e. The molecule has 2 unspecified atom stereocenters. The lowest BCUT2D eigenvalue weighted by atomic mass is 9.82. The molecule has 2 aliphatic heterocycles. The van der Waals surface area contributed by atoms with Gasteiger partial charge in [0.2, 0.25) is 5.91 Å². The molecule has 0 radical (unpaired) electrons. The predicted octanol–water partition coefficient (Wildman–Crippen LogP) is 4.83. The second kappa shape index (κ2) is 10.3. The Kier molecular flexibility index (Phi) is 7.20. The molecule has 2 aromatic rings. The van der Waals surface area contributed by atoms with Gasteiger partial charge in [-0.05, 0) is 68.5 Å². The third kappa shape index (κ3) is 5.30. The van der Waals surface area contributed by atoms with Crippen molar-refractivity contribution in [2.45, 2.75) is 50.6 Å². The molecular formula is C29H31N3O4. The summed E-state index contributed by atoms with van der Waals surface area (Å²) in [6.07, 6.45) is 5.52. The van der Waals surface area contributed by atoms with Crippen molar-refractivity contribution in [1.82, 2.24) is 4.90 Å². The van der Waals surface area contributed by atoms with Crippen LogP contribution in [0.2, 0.25) is 0 Å². The molecule has 2 atom stereocenters. The molecule has 4 rings (SSSR count). The smallest absolute Gasteiger partial charge is 0.335 e. The molecule has 0 bridgehead atoms. The predicted molar refractivity (Wildman–Crippen MR) is 140 cm³/mol. The summed E-state index contributed by atoms with van der Waals surface area (Å²) in [5.41, 5.74) is 2.51. The van der Waals surface area contributed by atoms with Crippen molar-refractivity contribution < 1.29 is 19.5 Å². The zero-order chi connectivity index (χ0) is 25.9. The van der Waals surface area contributed by atoms with Gasteiger partial charge in [0.1, 0.15) is 6.04 Å². The molecule has 7 heteroatoms. The van der Waals surface area contributed by atoms with E-state index in [1.165, 1.54) is 12.1 Å². The van der Waals surface area contributed by atoms with E-state index in [2.05, 4.69) is 16.9 Å². The fourth-order valence-corrected chi connectivity index (χ4v) is 4.68. The summed E-state index contributed by atoms with van der Waals surface area (Å²) >= 11 is 0. The van der Waals surface area contributed by atoms with Gasteiger partial charge in [0.05, 0.1) is 16.7 Å². The standard InChI is InChI=1S/C29H31N3O4/c1-19-11-12-22(18-30-29(19,2)3)27(34)32-17-7-10-24(20-8-5-4-6-9-20)25(32)26(33)31-23-15-13-21(14-16-23)28(35)36/h4-6,8-9,12-16,18,24-25H,1,7,10-11,17H2,2-3H3,(H,31,33)(H,35,36). The number of rotatable bonds is 5.